The molecule has 0 spiro atoms. The molecule has 0 aliphatic carbocycles. The van der Waals surface area contributed by atoms with Crippen molar-refractivity contribution in [2.75, 3.05) is 14.2 Å². The number of benzene rings is 1. The summed E-state index contributed by atoms with van der Waals surface area (Å²) in [5.41, 5.74) is 8.25. The highest BCUT2D eigenvalue weighted by molar-refractivity contribution is 5.94. The van der Waals surface area contributed by atoms with Crippen molar-refractivity contribution in [1.29, 1.82) is 0 Å². The van der Waals surface area contributed by atoms with E-state index in [1.54, 1.807) is 14.2 Å². The van der Waals surface area contributed by atoms with E-state index in [0.29, 0.717) is 11.5 Å². The van der Waals surface area contributed by atoms with Gasteiger partial charge in [-0.2, -0.15) is 0 Å². The lowest BCUT2D eigenvalue weighted by Crippen LogP contribution is -2.49. The molecule has 0 unspecified atom stereocenters. The van der Waals surface area contributed by atoms with E-state index in [1.807, 2.05) is 12.1 Å². The Morgan fingerprint density at radius 3 is 2.24 bits per heavy atom. The molecular weight excluding hydrogens is 340 g/mol. The summed E-state index contributed by atoms with van der Waals surface area (Å²) in [6.45, 7) is 4.36. The number of halogens is 1. The topological polar surface area (TPSA) is 73.6 Å². The van der Waals surface area contributed by atoms with Crippen LogP contribution in [-0.2, 0) is 11.2 Å². The van der Waals surface area contributed by atoms with Crippen LogP contribution in [0.4, 0.5) is 0 Å². The summed E-state index contributed by atoms with van der Waals surface area (Å²) in [6, 6.07) is 3.93. The molecule has 1 aromatic carbocycles. The minimum Gasteiger partial charge on any atom is -0.493 e. The van der Waals surface area contributed by atoms with Crippen molar-refractivity contribution >= 4 is 24.0 Å². The average Bonchev–Trinajstić information content (AvgIpc) is 2.53. The highest BCUT2D eigenvalue weighted by atomic mass is 35.5. The molecule has 25 heavy (non-hydrogen) atoms. The number of nitrogens with one attached hydrogen (secondary N) is 1. The lowest BCUT2D eigenvalue weighted by Gasteiger charge is -2.41. The predicted octanol–water partition coefficient (Wildman–Crippen LogP) is 3.44. The number of fused-ring (bicyclic) bond motifs is 1. The lowest BCUT2D eigenvalue weighted by molar-refractivity contribution is -0.113. The first-order valence-electron chi connectivity index (χ1n) is 8.53. The van der Waals surface area contributed by atoms with Gasteiger partial charge in [0.1, 0.15) is 0 Å². The van der Waals surface area contributed by atoms with Gasteiger partial charge in [-0.3, -0.25) is 4.79 Å². The average molecular weight is 369 g/mol. The number of hydrogen-bond donors (Lipinski definition) is 2. The van der Waals surface area contributed by atoms with Crippen molar-refractivity contribution in [1.82, 2.24) is 5.32 Å². The number of hydrogen-bond acceptors (Lipinski definition) is 4. The maximum atomic E-state index is 11.5. The first-order valence-corrected chi connectivity index (χ1v) is 8.53. The van der Waals surface area contributed by atoms with Gasteiger partial charge in [-0.05, 0) is 37.0 Å². The molecule has 0 aromatic heterocycles. The summed E-state index contributed by atoms with van der Waals surface area (Å²) < 4.78 is 10.9. The van der Waals surface area contributed by atoms with E-state index in [1.165, 1.54) is 6.08 Å². The summed E-state index contributed by atoms with van der Waals surface area (Å²) >= 11 is 0. The van der Waals surface area contributed by atoms with E-state index in [9.17, 15) is 4.79 Å². The number of rotatable bonds is 7. The fourth-order valence-corrected chi connectivity index (χ4v) is 3.72. The Labute approximate surface area is 156 Å². The van der Waals surface area contributed by atoms with Gasteiger partial charge in [0, 0.05) is 22.9 Å². The molecule has 1 aliphatic heterocycles. The molecule has 0 saturated heterocycles. The highest BCUT2D eigenvalue weighted by Gasteiger charge is 2.35. The minimum absolute atomic E-state index is 0. The van der Waals surface area contributed by atoms with E-state index in [0.717, 1.165) is 48.9 Å². The number of amides is 1. The Hall–Kier alpha value is -1.88. The van der Waals surface area contributed by atoms with E-state index < -0.39 is 5.91 Å². The van der Waals surface area contributed by atoms with Crippen LogP contribution >= 0.6 is 12.4 Å². The van der Waals surface area contributed by atoms with Crippen LogP contribution in [0.3, 0.4) is 0 Å². The van der Waals surface area contributed by atoms with Crippen LogP contribution < -0.4 is 20.5 Å². The standard InChI is InChI=1S/C19H28N2O3.ClH/c1-5-7-19(8-6-2)12-13-9-16(23-3)17(24-4)10-14(13)15(21-19)11-18(20)22;/h9-11,21H,5-8,12H2,1-4H3,(H2,20,22);1H. The first-order chi connectivity index (χ1) is 11.5. The van der Waals surface area contributed by atoms with Gasteiger partial charge in [-0.1, -0.05) is 26.7 Å². The van der Waals surface area contributed by atoms with E-state index >= 15 is 0 Å². The quantitative estimate of drug-likeness (QED) is 0.723. The molecule has 0 saturated carbocycles. The Morgan fingerprint density at radius 1 is 1.20 bits per heavy atom. The van der Waals surface area contributed by atoms with Gasteiger partial charge in [0.25, 0.3) is 0 Å². The van der Waals surface area contributed by atoms with Gasteiger partial charge in [0.05, 0.1) is 14.2 Å². The summed E-state index contributed by atoms with van der Waals surface area (Å²) in [6.07, 6.45) is 6.57. The number of nitrogens with two attached hydrogens (primary N) is 1. The molecule has 2 rings (SSSR count). The molecule has 3 N–H and O–H groups in total. The molecule has 0 bridgehead atoms. The van der Waals surface area contributed by atoms with Crippen LogP contribution in [0.25, 0.3) is 5.70 Å². The van der Waals surface area contributed by atoms with Crippen LogP contribution in [0.1, 0.15) is 50.7 Å². The van der Waals surface area contributed by atoms with Gasteiger partial charge in [-0.25, -0.2) is 0 Å². The van der Waals surface area contributed by atoms with Gasteiger partial charge in [0.2, 0.25) is 5.91 Å². The molecule has 5 nitrogen and oxygen atoms in total. The summed E-state index contributed by atoms with van der Waals surface area (Å²) in [5.74, 6) is 0.896. The van der Waals surface area contributed by atoms with Crippen LogP contribution in [-0.4, -0.2) is 25.7 Å². The van der Waals surface area contributed by atoms with Crippen LogP contribution in [0.5, 0.6) is 11.5 Å². The summed E-state index contributed by atoms with van der Waals surface area (Å²) in [4.78, 5) is 11.5. The van der Waals surface area contributed by atoms with E-state index in [2.05, 4.69) is 19.2 Å². The van der Waals surface area contributed by atoms with E-state index in [4.69, 9.17) is 15.2 Å². The fourth-order valence-electron chi connectivity index (χ4n) is 3.72. The van der Waals surface area contributed by atoms with Crippen molar-refractivity contribution in [2.24, 2.45) is 5.73 Å². The SMILES string of the molecule is CCCC1(CCC)Cc2cc(OC)c(OC)cc2C(=CC(N)=O)N1.Cl. The molecule has 1 aliphatic rings. The Morgan fingerprint density at radius 2 is 1.76 bits per heavy atom. The number of carbonyl (C=O) groups is 1. The highest BCUT2D eigenvalue weighted by Crippen LogP contribution is 2.40. The zero-order chi connectivity index (χ0) is 17.7. The van der Waals surface area contributed by atoms with Gasteiger partial charge in [-0.15, -0.1) is 12.4 Å². The lowest BCUT2D eigenvalue weighted by atomic mass is 9.77. The fraction of sp³-hybridized carbons (Fsp3) is 0.526. The Bertz CT molecular complexity index is 638. The van der Waals surface area contributed by atoms with Crippen molar-refractivity contribution in [3.05, 3.63) is 29.3 Å². The monoisotopic (exact) mass is 368 g/mol. The second kappa shape index (κ2) is 8.99. The smallest absolute Gasteiger partial charge is 0.243 e. The molecule has 1 aromatic rings. The maximum absolute atomic E-state index is 11.5. The second-order valence-corrected chi connectivity index (χ2v) is 6.41. The van der Waals surface area contributed by atoms with Gasteiger partial charge >= 0.3 is 0 Å². The van der Waals surface area contributed by atoms with Crippen molar-refractivity contribution < 1.29 is 14.3 Å². The van der Waals surface area contributed by atoms with E-state index in [-0.39, 0.29) is 17.9 Å². The third-order valence-corrected chi connectivity index (χ3v) is 4.57. The first kappa shape index (κ1) is 21.2. The molecular formula is C19H29ClN2O3. The van der Waals surface area contributed by atoms with Crippen molar-refractivity contribution in [3.8, 4) is 11.5 Å². The molecule has 0 radical (unpaired) electrons. The largest absolute Gasteiger partial charge is 0.493 e. The third-order valence-electron chi connectivity index (χ3n) is 4.57. The van der Waals surface area contributed by atoms with Crippen LogP contribution in [0.2, 0.25) is 0 Å². The molecule has 6 heteroatoms. The predicted molar refractivity (Wildman–Crippen MR) is 103 cm³/mol. The maximum Gasteiger partial charge on any atom is 0.243 e. The Balaban J connectivity index is 0.00000312. The van der Waals surface area contributed by atoms with Gasteiger partial charge in [0.15, 0.2) is 11.5 Å². The van der Waals surface area contributed by atoms with Crippen LogP contribution in [0, 0.1) is 0 Å². The molecule has 1 heterocycles. The molecule has 0 atom stereocenters. The van der Waals surface area contributed by atoms with Crippen molar-refractivity contribution in [3.63, 3.8) is 0 Å². The zero-order valence-electron chi connectivity index (χ0n) is 15.5. The second-order valence-electron chi connectivity index (χ2n) is 6.41. The molecule has 0 fully saturated rings. The third kappa shape index (κ3) is 4.60. The van der Waals surface area contributed by atoms with Crippen molar-refractivity contribution in [2.45, 2.75) is 51.5 Å². The Kier molecular flexibility index (Phi) is 7.61. The number of methoxy groups -OCH3 is 2. The zero-order valence-corrected chi connectivity index (χ0v) is 16.3. The van der Waals surface area contributed by atoms with Crippen LogP contribution in [0.15, 0.2) is 18.2 Å². The number of ether oxygens (including phenoxy) is 2. The molecule has 1 amide bonds. The normalized spacial score (nSPS) is 16.4. The number of primary amides is 1. The summed E-state index contributed by atoms with van der Waals surface area (Å²) in [7, 11) is 3.24. The minimum atomic E-state index is -0.456. The van der Waals surface area contributed by atoms with Gasteiger partial charge < -0.3 is 20.5 Å². The number of carbonyl (C=O) groups excluding carboxylic acids is 1. The molecule has 140 valence electrons. The summed E-state index contributed by atoms with van der Waals surface area (Å²) in [5, 5.41) is 3.61.